The summed E-state index contributed by atoms with van der Waals surface area (Å²) in [4.78, 5) is 11.9. The average molecular weight is 322 g/mol. The molecule has 0 N–H and O–H groups in total. The van der Waals surface area contributed by atoms with Crippen LogP contribution in [0.25, 0.3) is 0 Å². The van der Waals surface area contributed by atoms with Gasteiger partial charge in [0.1, 0.15) is 12.4 Å². The van der Waals surface area contributed by atoms with E-state index in [1.54, 1.807) is 0 Å². The van der Waals surface area contributed by atoms with E-state index in [2.05, 4.69) is 8.37 Å². The van der Waals surface area contributed by atoms with Crippen molar-refractivity contribution in [2.75, 3.05) is 7.11 Å². The van der Waals surface area contributed by atoms with Crippen LogP contribution in [0.5, 0.6) is 5.75 Å². The molecule has 0 spiro atoms. The van der Waals surface area contributed by atoms with Crippen molar-refractivity contribution in [2.24, 2.45) is 0 Å². The Balaban J connectivity index is 1.96. The van der Waals surface area contributed by atoms with E-state index in [4.69, 9.17) is 4.74 Å². The molecule has 0 aromatic heterocycles. The predicted octanol–water partition coefficient (Wildman–Crippen LogP) is 2.31. The van der Waals surface area contributed by atoms with Crippen molar-refractivity contribution in [1.29, 1.82) is 0 Å². The Bertz CT molecular complexity index is 722. The summed E-state index contributed by atoms with van der Waals surface area (Å²) in [6, 6.07) is 14.8. The molecule has 0 radical (unpaired) electrons. The number of carbonyl (C=O) groups is 1. The summed E-state index contributed by atoms with van der Waals surface area (Å²) in [7, 11) is -3.08. The Hall–Kier alpha value is -2.38. The van der Waals surface area contributed by atoms with Crippen molar-refractivity contribution in [3.63, 3.8) is 0 Å². The first-order chi connectivity index (χ1) is 10.5. The molecule has 2 rings (SSSR count). The van der Waals surface area contributed by atoms with Gasteiger partial charge in [0.15, 0.2) is 0 Å². The first-order valence-electron chi connectivity index (χ1n) is 6.31. The summed E-state index contributed by atoms with van der Waals surface area (Å²) in [5.41, 5.74) is 1.17. The van der Waals surface area contributed by atoms with Crippen LogP contribution in [-0.4, -0.2) is 21.5 Å². The van der Waals surface area contributed by atoms with E-state index in [-0.39, 0.29) is 17.9 Å². The number of carbonyl (C=O) groups excluding carboxylic acids is 1. The van der Waals surface area contributed by atoms with Crippen LogP contribution in [0.3, 0.4) is 0 Å². The predicted molar refractivity (Wildman–Crippen MR) is 78.6 cm³/mol. The summed E-state index contributed by atoms with van der Waals surface area (Å²) >= 11 is 0. The van der Waals surface area contributed by atoms with Gasteiger partial charge < -0.3 is 8.92 Å². The number of esters is 1. The minimum atomic E-state index is -4.07. The second kappa shape index (κ2) is 7.06. The fourth-order valence-corrected chi connectivity index (χ4v) is 2.02. The average Bonchev–Trinajstić information content (AvgIpc) is 2.54. The molecular formula is C15H14O6S. The van der Waals surface area contributed by atoms with Crippen molar-refractivity contribution in [1.82, 2.24) is 0 Å². The van der Waals surface area contributed by atoms with Crippen molar-refractivity contribution >= 4 is 16.4 Å². The lowest BCUT2D eigenvalue weighted by Crippen LogP contribution is -2.11. The fourth-order valence-electron chi connectivity index (χ4n) is 1.60. The molecule has 2 aromatic carbocycles. The van der Waals surface area contributed by atoms with Crippen LogP contribution >= 0.6 is 0 Å². The van der Waals surface area contributed by atoms with E-state index < -0.39 is 16.4 Å². The molecule has 0 amide bonds. The van der Waals surface area contributed by atoms with E-state index in [0.717, 1.165) is 12.7 Å². The summed E-state index contributed by atoms with van der Waals surface area (Å²) in [5, 5.41) is 0. The van der Waals surface area contributed by atoms with Gasteiger partial charge in [-0.15, -0.1) is 0 Å². The second-order valence-corrected chi connectivity index (χ2v) is 5.56. The van der Waals surface area contributed by atoms with E-state index in [1.165, 1.54) is 24.3 Å². The third-order valence-electron chi connectivity index (χ3n) is 2.71. The van der Waals surface area contributed by atoms with Gasteiger partial charge in [-0.1, -0.05) is 30.3 Å². The molecule has 2 aromatic rings. The van der Waals surface area contributed by atoms with Crippen LogP contribution < -0.4 is 4.18 Å². The molecule has 0 unspecified atom stereocenters. The van der Waals surface area contributed by atoms with Gasteiger partial charge in [0.05, 0.1) is 12.7 Å². The van der Waals surface area contributed by atoms with Crippen LogP contribution in [-0.2, 0) is 25.9 Å². The molecule has 0 aliphatic heterocycles. The van der Waals surface area contributed by atoms with Crippen LogP contribution in [0.1, 0.15) is 15.9 Å². The number of rotatable bonds is 6. The summed E-state index contributed by atoms with van der Waals surface area (Å²) in [5.74, 6) is -0.466. The maximum Gasteiger partial charge on any atom is 0.448 e. The quantitative estimate of drug-likeness (QED) is 0.759. The van der Waals surface area contributed by atoms with E-state index >= 15 is 0 Å². The Kier molecular flexibility index (Phi) is 5.13. The van der Waals surface area contributed by atoms with Gasteiger partial charge in [0.2, 0.25) is 0 Å². The highest BCUT2D eigenvalue weighted by Gasteiger charge is 2.12. The summed E-state index contributed by atoms with van der Waals surface area (Å²) in [6.45, 7) is 0.163. The summed E-state index contributed by atoms with van der Waals surface area (Å²) < 4.78 is 36.2. The molecular weight excluding hydrogens is 308 g/mol. The van der Waals surface area contributed by atoms with Gasteiger partial charge in [-0.2, -0.15) is 8.42 Å². The molecule has 0 saturated carbocycles. The Labute approximate surface area is 128 Å². The smallest absolute Gasteiger partial charge is 0.448 e. The largest absolute Gasteiger partial charge is 0.457 e. The molecule has 6 nitrogen and oxygen atoms in total. The molecule has 0 saturated heterocycles. The molecule has 7 heteroatoms. The van der Waals surface area contributed by atoms with Crippen LogP contribution in [0, 0.1) is 0 Å². The Morgan fingerprint density at radius 1 is 1.00 bits per heavy atom. The fraction of sp³-hybridized carbons (Fsp3) is 0.133. The number of hydrogen-bond donors (Lipinski definition) is 0. The zero-order valence-electron chi connectivity index (χ0n) is 11.8. The maximum absolute atomic E-state index is 11.9. The number of benzene rings is 2. The zero-order valence-corrected chi connectivity index (χ0v) is 12.6. The number of hydrogen-bond acceptors (Lipinski definition) is 6. The topological polar surface area (TPSA) is 78.9 Å². The normalized spacial score (nSPS) is 11.0. The SMILES string of the molecule is COS(=O)(=O)Oc1ccc(C(=O)OCc2ccccc2)cc1. The molecule has 0 aliphatic carbocycles. The highest BCUT2D eigenvalue weighted by Crippen LogP contribution is 2.16. The van der Waals surface area contributed by atoms with Gasteiger partial charge in [-0.05, 0) is 29.8 Å². The molecule has 0 heterocycles. The lowest BCUT2D eigenvalue weighted by atomic mass is 10.2. The van der Waals surface area contributed by atoms with Crippen LogP contribution in [0.15, 0.2) is 54.6 Å². The van der Waals surface area contributed by atoms with E-state index in [1.807, 2.05) is 30.3 Å². The van der Waals surface area contributed by atoms with Crippen molar-refractivity contribution in [3.8, 4) is 5.75 Å². The molecule has 0 fully saturated rings. The summed E-state index contributed by atoms with van der Waals surface area (Å²) in [6.07, 6.45) is 0. The van der Waals surface area contributed by atoms with Crippen LogP contribution in [0.2, 0.25) is 0 Å². The molecule has 22 heavy (non-hydrogen) atoms. The highest BCUT2D eigenvalue weighted by atomic mass is 32.3. The lowest BCUT2D eigenvalue weighted by molar-refractivity contribution is 0.0472. The van der Waals surface area contributed by atoms with Gasteiger partial charge in [0, 0.05) is 0 Å². The van der Waals surface area contributed by atoms with Crippen molar-refractivity contribution < 1.29 is 26.3 Å². The number of ether oxygens (including phenoxy) is 1. The van der Waals surface area contributed by atoms with Gasteiger partial charge in [-0.25, -0.2) is 8.98 Å². The third-order valence-corrected chi connectivity index (χ3v) is 3.51. The van der Waals surface area contributed by atoms with Gasteiger partial charge in [0.25, 0.3) is 0 Å². The van der Waals surface area contributed by atoms with Crippen LogP contribution in [0.4, 0.5) is 0 Å². The van der Waals surface area contributed by atoms with E-state index in [0.29, 0.717) is 0 Å². The highest BCUT2D eigenvalue weighted by molar-refractivity contribution is 7.82. The standard InChI is InChI=1S/C15H14O6S/c1-19-22(17,18)21-14-9-7-13(8-10-14)15(16)20-11-12-5-3-2-4-6-12/h2-10H,11H2,1H3. The zero-order chi connectivity index (χ0) is 16.0. The monoisotopic (exact) mass is 322 g/mol. The Morgan fingerprint density at radius 3 is 2.23 bits per heavy atom. The minimum absolute atomic E-state index is 0.0430. The van der Waals surface area contributed by atoms with Crippen molar-refractivity contribution in [3.05, 3.63) is 65.7 Å². The molecule has 0 aliphatic rings. The lowest BCUT2D eigenvalue weighted by Gasteiger charge is -2.06. The van der Waals surface area contributed by atoms with Gasteiger partial charge in [-0.3, -0.25) is 0 Å². The molecule has 116 valence electrons. The third kappa shape index (κ3) is 4.57. The van der Waals surface area contributed by atoms with Crippen molar-refractivity contribution in [2.45, 2.75) is 6.61 Å². The second-order valence-electron chi connectivity index (χ2n) is 4.24. The minimum Gasteiger partial charge on any atom is -0.457 e. The first kappa shape index (κ1) is 16.0. The maximum atomic E-state index is 11.9. The van der Waals surface area contributed by atoms with E-state index in [9.17, 15) is 13.2 Å². The molecule has 0 bridgehead atoms. The first-order valence-corrected chi connectivity index (χ1v) is 7.64. The Morgan fingerprint density at radius 2 is 1.64 bits per heavy atom. The van der Waals surface area contributed by atoms with Gasteiger partial charge >= 0.3 is 16.4 Å². The molecule has 0 atom stereocenters.